The summed E-state index contributed by atoms with van der Waals surface area (Å²) in [4.78, 5) is 7.40. The predicted octanol–water partition coefficient (Wildman–Crippen LogP) is 3.21. The number of nitrogens with zero attached hydrogens (tertiary/aromatic N) is 5. The zero-order chi connectivity index (χ0) is 17.3. The second-order valence-electron chi connectivity index (χ2n) is 8.31. The lowest BCUT2D eigenvalue weighted by molar-refractivity contribution is 0.168. The first kappa shape index (κ1) is 19.9. The minimum atomic E-state index is 0. The maximum absolute atomic E-state index is 4.92. The molecule has 1 saturated heterocycles. The van der Waals surface area contributed by atoms with Gasteiger partial charge in [0.25, 0.3) is 0 Å². The average Bonchev–Trinajstić information content (AvgIpc) is 3.31. The second-order valence-corrected chi connectivity index (χ2v) is 8.31. The van der Waals surface area contributed by atoms with Crippen molar-refractivity contribution in [1.29, 1.82) is 0 Å². The van der Waals surface area contributed by atoms with E-state index in [-0.39, 0.29) is 24.0 Å². The van der Waals surface area contributed by atoms with Crippen molar-refractivity contribution in [3.8, 4) is 0 Å². The van der Waals surface area contributed by atoms with Crippen LogP contribution in [0.5, 0.6) is 0 Å². The van der Waals surface area contributed by atoms with Crippen molar-refractivity contribution in [3.63, 3.8) is 0 Å². The summed E-state index contributed by atoms with van der Waals surface area (Å²) in [7, 11) is 0. The van der Waals surface area contributed by atoms with Crippen LogP contribution >= 0.6 is 24.0 Å². The summed E-state index contributed by atoms with van der Waals surface area (Å²) in [5.74, 6) is 4.12. The number of nitrogens with one attached hydrogen (secondary N) is 1. The molecular weight excluding hydrogens is 439 g/mol. The molecule has 3 aliphatic rings. The minimum Gasteiger partial charge on any atom is -0.357 e. The molecule has 0 radical (unpaired) electrons. The standard InChI is InChI=1S/C19H32N6.HI/c1-3-20-18(21-13-17-23-22-16-5-4-11-25(16)17)24-12-10-19(14-24)8-6-15(2)7-9-19;/h15H,3-14H2,1-2H3,(H,20,21);1H. The fourth-order valence-electron chi connectivity index (χ4n) is 4.80. The van der Waals surface area contributed by atoms with Gasteiger partial charge in [-0.2, -0.15) is 0 Å². The van der Waals surface area contributed by atoms with Gasteiger partial charge in [-0.05, 0) is 43.9 Å². The quantitative estimate of drug-likeness (QED) is 0.417. The summed E-state index contributed by atoms with van der Waals surface area (Å²) in [6, 6.07) is 0. The number of likely N-dealkylation sites (tertiary alicyclic amines) is 1. The first-order valence-corrected chi connectivity index (χ1v) is 10.1. The fraction of sp³-hybridized carbons (Fsp3) is 0.842. The van der Waals surface area contributed by atoms with Crippen LogP contribution in [0.4, 0.5) is 0 Å². The first-order chi connectivity index (χ1) is 12.2. The highest BCUT2D eigenvalue weighted by molar-refractivity contribution is 14.0. The van der Waals surface area contributed by atoms with Crippen molar-refractivity contribution in [2.75, 3.05) is 19.6 Å². The van der Waals surface area contributed by atoms with Crippen LogP contribution in [-0.4, -0.2) is 45.3 Å². The maximum Gasteiger partial charge on any atom is 0.194 e. The highest BCUT2D eigenvalue weighted by atomic mass is 127. The van der Waals surface area contributed by atoms with E-state index in [0.29, 0.717) is 12.0 Å². The van der Waals surface area contributed by atoms with Crippen LogP contribution in [-0.2, 0) is 19.5 Å². The highest BCUT2D eigenvalue weighted by Crippen LogP contribution is 2.45. The molecule has 1 N–H and O–H groups in total. The Bertz CT molecular complexity index is 632. The molecule has 0 bridgehead atoms. The molecule has 0 aromatic carbocycles. The Morgan fingerprint density at radius 2 is 2.04 bits per heavy atom. The monoisotopic (exact) mass is 472 g/mol. The first-order valence-electron chi connectivity index (χ1n) is 10.1. The lowest BCUT2D eigenvalue weighted by atomic mass is 9.70. The number of aromatic nitrogens is 3. The van der Waals surface area contributed by atoms with Crippen LogP contribution in [0.3, 0.4) is 0 Å². The van der Waals surface area contributed by atoms with E-state index in [0.717, 1.165) is 49.6 Å². The summed E-state index contributed by atoms with van der Waals surface area (Å²) >= 11 is 0. The lowest BCUT2D eigenvalue weighted by Gasteiger charge is -2.36. The SMILES string of the molecule is CCNC(=NCc1nnc2n1CCC2)N1CCC2(CCC(C)CC2)C1.I. The van der Waals surface area contributed by atoms with Gasteiger partial charge < -0.3 is 14.8 Å². The average molecular weight is 472 g/mol. The van der Waals surface area contributed by atoms with Crippen LogP contribution in [0.15, 0.2) is 4.99 Å². The number of guanidine groups is 1. The molecule has 2 aliphatic heterocycles. The molecule has 0 amide bonds. The molecule has 1 aromatic rings. The third-order valence-electron chi connectivity index (χ3n) is 6.46. The molecule has 1 aliphatic carbocycles. The predicted molar refractivity (Wildman–Crippen MR) is 115 cm³/mol. The van der Waals surface area contributed by atoms with Crippen molar-refractivity contribution >= 4 is 29.9 Å². The molecule has 146 valence electrons. The number of aliphatic imine (C=N–C) groups is 1. The molecule has 1 saturated carbocycles. The van der Waals surface area contributed by atoms with Gasteiger partial charge in [-0.1, -0.05) is 19.8 Å². The lowest BCUT2D eigenvalue weighted by Crippen LogP contribution is -2.42. The highest BCUT2D eigenvalue weighted by Gasteiger charge is 2.41. The topological polar surface area (TPSA) is 58.3 Å². The molecule has 0 atom stereocenters. The van der Waals surface area contributed by atoms with Crippen molar-refractivity contribution in [2.24, 2.45) is 16.3 Å². The zero-order valence-electron chi connectivity index (χ0n) is 16.2. The summed E-state index contributed by atoms with van der Waals surface area (Å²) in [5, 5.41) is 12.2. The summed E-state index contributed by atoms with van der Waals surface area (Å²) in [6.45, 7) is 9.46. The number of rotatable bonds is 3. The Balaban J connectivity index is 0.00000196. The van der Waals surface area contributed by atoms with Crippen molar-refractivity contribution in [1.82, 2.24) is 25.0 Å². The molecule has 1 spiro atoms. The van der Waals surface area contributed by atoms with E-state index in [9.17, 15) is 0 Å². The van der Waals surface area contributed by atoms with Gasteiger partial charge in [0.1, 0.15) is 12.4 Å². The van der Waals surface area contributed by atoms with Gasteiger partial charge in [-0.25, -0.2) is 4.99 Å². The number of hydrogen-bond donors (Lipinski definition) is 1. The fourth-order valence-corrected chi connectivity index (χ4v) is 4.80. The Labute approximate surface area is 174 Å². The molecule has 6 nitrogen and oxygen atoms in total. The van der Waals surface area contributed by atoms with Crippen molar-refractivity contribution in [2.45, 2.75) is 71.9 Å². The maximum atomic E-state index is 4.92. The van der Waals surface area contributed by atoms with E-state index in [1.54, 1.807) is 0 Å². The van der Waals surface area contributed by atoms with Crippen LogP contribution < -0.4 is 5.32 Å². The molecular formula is C19H33IN6. The molecule has 1 aromatic heterocycles. The summed E-state index contributed by atoms with van der Waals surface area (Å²) < 4.78 is 2.25. The van der Waals surface area contributed by atoms with Gasteiger partial charge in [-0.3, -0.25) is 0 Å². The number of hydrogen-bond acceptors (Lipinski definition) is 3. The minimum absolute atomic E-state index is 0. The van der Waals surface area contributed by atoms with Crippen LogP contribution in [0.1, 0.15) is 64.0 Å². The molecule has 3 heterocycles. The van der Waals surface area contributed by atoms with Gasteiger partial charge >= 0.3 is 0 Å². The van der Waals surface area contributed by atoms with Gasteiger partial charge in [0, 0.05) is 32.6 Å². The molecule has 26 heavy (non-hydrogen) atoms. The largest absolute Gasteiger partial charge is 0.357 e. The van der Waals surface area contributed by atoms with E-state index in [2.05, 4.69) is 38.8 Å². The Morgan fingerprint density at radius 1 is 1.23 bits per heavy atom. The van der Waals surface area contributed by atoms with Gasteiger partial charge in [-0.15, -0.1) is 34.2 Å². The van der Waals surface area contributed by atoms with E-state index in [1.165, 1.54) is 45.1 Å². The third kappa shape index (κ3) is 4.02. The van der Waals surface area contributed by atoms with Crippen molar-refractivity contribution < 1.29 is 0 Å². The van der Waals surface area contributed by atoms with E-state index in [4.69, 9.17) is 4.99 Å². The Morgan fingerprint density at radius 3 is 2.81 bits per heavy atom. The van der Waals surface area contributed by atoms with Crippen LogP contribution in [0, 0.1) is 11.3 Å². The number of fused-ring (bicyclic) bond motifs is 1. The normalized spacial score (nSPS) is 28.3. The Hall–Kier alpha value is -0.860. The van der Waals surface area contributed by atoms with E-state index >= 15 is 0 Å². The van der Waals surface area contributed by atoms with E-state index in [1.807, 2.05) is 0 Å². The molecule has 0 unspecified atom stereocenters. The van der Waals surface area contributed by atoms with Crippen LogP contribution in [0.25, 0.3) is 0 Å². The summed E-state index contributed by atoms with van der Waals surface area (Å²) in [5.41, 5.74) is 0.540. The molecule has 2 fully saturated rings. The van der Waals surface area contributed by atoms with Gasteiger partial charge in [0.05, 0.1) is 0 Å². The van der Waals surface area contributed by atoms with Gasteiger partial charge in [0.2, 0.25) is 0 Å². The number of halogens is 1. The van der Waals surface area contributed by atoms with Gasteiger partial charge in [0.15, 0.2) is 11.8 Å². The molecule has 7 heteroatoms. The van der Waals surface area contributed by atoms with Crippen molar-refractivity contribution in [3.05, 3.63) is 11.6 Å². The Kier molecular flexibility index (Phi) is 6.45. The summed E-state index contributed by atoms with van der Waals surface area (Å²) in [6.07, 6.45) is 9.15. The number of aryl methyl sites for hydroxylation is 1. The second kappa shape index (κ2) is 8.44. The smallest absolute Gasteiger partial charge is 0.194 e. The molecule has 4 rings (SSSR count). The zero-order valence-corrected chi connectivity index (χ0v) is 18.5. The van der Waals surface area contributed by atoms with Crippen LogP contribution in [0.2, 0.25) is 0 Å². The third-order valence-corrected chi connectivity index (χ3v) is 6.46. The van der Waals surface area contributed by atoms with E-state index < -0.39 is 0 Å².